The molecule has 0 atom stereocenters. The first-order valence-corrected chi connectivity index (χ1v) is 4.57. The lowest BCUT2D eigenvalue weighted by molar-refractivity contribution is -0.139. The zero-order chi connectivity index (χ0) is 9.27. The Morgan fingerprint density at radius 1 is 1.00 bits per heavy atom. The maximum atomic E-state index is 11.8. The van der Waals surface area contributed by atoms with Crippen LogP contribution in [0.15, 0.2) is 0 Å². The molecule has 4 aliphatic rings. The molecule has 0 amide bonds. The summed E-state index contributed by atoms with van der Waals surface area (Å²) in [6.07, 6.45) is 4.13. The van der Waals surface area contributed by atoms with Crippen LogP contribution in [0, 0.1) is 23.6 Å². The van der Waals surface area contributed by atoms with Gasteiger partial charge in [0.05, 0.1) is 0 Å². The third-order valence-electron chi connectivity index (χ3n) is 3.45. The molecule has 4 bridgehead atoms. The minimum Gasteiger partial charge on any atom is -0.299 e. The zero-order valence-electron chi connectivity index (χ0n) is 8.60. The number of hydrogen-bond acceptors (Lipinski definition) is 1. The van der Waals surface area contributed by atoms with Crippen LogP contribution in [-0.2, 0) is 4.79 Å². The molecule has 0 aromatic rings. The third kappa shape index (κ3) is 0.743. The molecule has 0 saturated heterocycles. The zero-order valence-corrected chi connectivity index (χ0v) is 6.60. The predicted molar refractivity (Wildman–Crippen MR) is 42.1 cm³/mol. The molecule has 1 heteroatoms. The van der Waals surface area contributed by atoms with Crippen molar-refractivity contribution in [2.24, 2.45) is 23.6 Å². The molecule has 4 saturated carbocycles. The molecule has 60 valence electrons. The fraction of sp³-hybridized carbons (Fsp3) is 0.900. The molecular formula is C10H14O. The van der Waals surface area contributed by atoms with E-state index in [1.807, 2.05) is 0 Å². The van der Waals surface area contributed by atoms with Crippen LogP contribution < -0.4 is 0 Å². The van der Waals surface area contributed by atoms with Crippen LogP contribution in [0.1, 0.15) is 34.8 Å². The van der Waals surface area contributed by atoms with Crippen molar-refractivity contribution in [3.8, 4) is 0 Å². The van der Waals surface area contributed by atoms with Crippen molar-refractivity contribution in [1.82, 2.24) is 0 Å². The Kier molecular flexibility index (Phi) is 0.792. The van der Waals surface area contributed by atoms with E-state index in [4.69, 9.17) is 2.74 Å². The summed E-state index contributed by atoms with van der Waals surface area (Å²) < 4.78 is 16.1. The monoisotopic (exact) mass is 152 g/mol. The summed E-state index contributed by atoms with van der Waals surface area (Å²) in [4.78, 5) is 11.8. The van der Waals surface area contributed by atoms with E-state index in [1.54, 1.807) is 0 Å². The van der Waals surface area contributed by atoms with E-state index in [2.05, 4.69) is 0 Å². The highest BCUT2D eigenvalue weighted by Crippen LogP contribution is 2.51. The van der Waals surface area contributed by atoms with Gasteiger partial charge in [-0.05, 0) is 43.9 Å². The van der Waals surface area contributed by atoms with Gasteiger partial charge in [0.25, 0.3) is 0 Å². The van der Waals surface area contributed by atoms with Crippen LogP contribution >= 0.6 is 0 Å². The molecule has 0 aromatic carbocycles. The van der Waals surface area contributed by atoms with Gasteiger partial charge in [0, 0.05) is 14.5 Å². The fourth-order valence-electron chi connectivity index (χ4n) is 3.13. The van der Waals surface area contributed by atoms with E-state index in [-0.39, 0.29) is 5.78 Å². The third-order valence-corrected chi connectivity index (χ3v) is 3.45. The molecule has 11 heavy (non-hydrogen) atoms. The summed E-state index contributed by atoms with van der Waals surface area (Å²) in [7, 11) is 0. The first kappa shape index (κ1) is 4.64. The van der Waals surface area contributed by atoms with E-state index in [0.29, 0.717) is 11.8 Å². The van der Waals surface area contributed by atoms with Crippen LogP contribution in [0.5, 0.6) is 0 Å². The molecule has 0 aliphatic heterocycles. The molecule has 0 N–H and O–H groups in total. The second-order valence-electron chi connectivity index (χ2n) is 4.32. The van der Waals surface area contributed by atoms with E-state index in [9.17, 15) is 4.79 Å². The lowest BCUT2D eigenvalue weighted by atomic mass is 9.56. The SMILES string of the molecule is [2H]C12CC3CC(C1)CC([2H])(C3)C2=O. The van der Waals surface area contributed by atoms with Crippen LogP contribution in [0.4, 0.5) is 0 Å². The minimum atomic E-state index is -0.855. The quantitative estimate of drug-likeness (QED) is 0.519. The van der Waals surface area contributed by atoms with Crippen LogP contribution in [0.2, 0.25) is 0 Å². The Balaban J connectivity index is 2.08. The topological polar surface area (TPSA) is 17.1 Å². The molecule has 0 unspecified atom stereocenters. The van der Waals surface area contributed by atoms with Crippen molar-refractivity contribution in [3.63, 3.8) is 0 Å². The number of Topliss-reactive ketones (excluding diaryl/α,β-unsaturated/α-hetero) is 1. The first-order chi connectivity index (χ1) is 6.02. The second-order valence-corrected chi connectivity index (χ2v) is 4.32. The maximum absolute atomic E-state index is 11.8. The first-order valence-electron chi connectivity index (χ1n) is 5.57. The number of rotatable bonds is 0. The highest BCUT2D eigenvalue weighted by molar-refractivity contribution is 5.85. The summed E-state index contributed by atoms with van der Waals surface area (Å²) >= 11 is 0. The van der Waals surface area contributed by atoms with Gasteiger partial charge < -0.3 is 0 Å². The maximum Gasteiger partial charge on any atom is 0.139 e. The van der Waals surface area contributed by atoms with Gasteiger partial charge in [-0.2, -0.15) is 0 Å². The highest BCUT2D eigenvalue weighted by Gasteiger charge is 2.47. The molecule has 4 aliphatic carbocycles. The Morgan fingerprint density at radius 2 is 1.45 bits per heavy atom. The standard InChI is InChI=1S/C10H14O/c11-10-8-2-6-1-7(4-8)5-9(10)3-6/h6-9H,1-5H2/i8D,9D. The summed E-state index contributed by atoms with van der Waals surface area (Å²) in [5.41, 5.74) is 0. The van der Waals surface area contributed by atoms with Crippen LogP contribution in [-0.4, -0.2) is 5.78 Å². The number of carbonyl (C=O) groups excluding carboxylic acids is 1. The second kappa shape index (κ2) is 1.88. The Labute approximate surface area is 70.0 Å². The van der Waals surface area contributed by atoms with Gasteiger partial charge in [0.15, 0.2) is 0 Å². The number of hydrogen-bond donors (Lipinski definition) is 0. The van der Waals surface area contributed by atoms with Crippen LogP contribution in [0.3, 0.4) is 0 Å². The van der Waals surface area contributed by atoms with Crippen LogP contribution in [0.25, 0.3) is 0 Å². The molecule has 0 heterocycles. The van der Waals surface area contributed by atoms with E-state index < -0.39 is 11.8 Å². The molecule has 4 fully saturated rings. The fourth-order valence-corrected chi connectivity index (χ4v) is 3.13. The average molecular weight is 152 g/mol. The minimum absolute atomic E-state index is 0.0767. The van der Waals surface area contributed by atoms with Gasteiger partial charge in [-0.1, -0.05) is 0 Å². The van der Waals surface area contributed by atoms with Gasteiger partial charge in [0.1, 0.15) is 5.78 Å². The smallest absolute Gasteiger partial charge is 0.139 e. The summed E-state index contributed by atoms with van der Waals surface area (Å²) in [5.74, 6) is -0.787. The Morgan fingerprint density at radius 3 is 1.91 bits per heavy atom. The molecule has 4 rings (SSSR count). The lowest BCUT2D eigenvalue weighted by Crippen LogP contribution is -2.45. The summed E-state index contributed by atoms with van der Waals surface area (Å²) in [6, 6.07) is 0. The largest absolute Gasteiger partial charge is 0.299 e. The Bertz CT molecular complexity index is 249. The van der Waals surface area contributed by atoms with Crippen molar-refractivity contribution in [2.75, 3.05) is 0 Å². The number of ketones is 1. The molecule has 1 nitrogen and oxygen atoms in total. The van der Waals surface area contributed by atoms with Crippen molar-refractivity contribution in [1.29, 1.82) is 0 Å². The van der Waals surface area contributed by atoms with E-state index in [0.717, 1.165) is 25.7 Å². The normalized spacial score (nSPS) is 69.6. The predicted octanol–water partition coefficient (Wildman–Crippen LogP) is 2.01. The lowest BCUT2D eigenvalue weighted by Gasteiger charge is -2.48. The molecule has 0 spiro atoms. The van der Waals surface area contributed by atoms with Crippen molar-refractivity contribution in [2.45, 2.75) is 32.1 Å². The molecule has 0 aromatic heterocycles. The number of carbonyl (C=O) groups is 1. The average Bonchev–Trinajstić information content (AvgIpc) is 1.97. The van der Waals surface area contributed by atoms with Gasteiger partial charge in [-0.25, -0.2) is 0 Å². The van der Waals surface area contributed by atoms with Gasteiger partial charge in [-0.15, -0.1) is 0 Å². The van der Waals surface area contributed by atoms with Gasteiger partial charge in [0.2, 0.25) is 0 Å². The van der Waals surface area contributed by atoms with E-state index >= 15 is 0 Å². The van der Waals surface area contributed by atoms with Gasteiger partial charge in [-0.3, -0.25) is 4.79 Å². The van der Waals surface area contributed by atoms with Crippen molar-refractivity contribution < 1.29 is 7.54 Å². The van der Waals surface area contributed by atoms with Crippen molar-refractivity contribution in [3.05, 3.63) is 0 Å². The van der Waals surface area contributed by atoms with Crippen molar-refractivity contribution >= 4 is 5.78 Å². The van der Waals surface area contributed by atoms with E-state index in [1.165, 1.54) is 6.42 Å². The molecular weight excluding hydrogens is 136 g/mol. The summed E-state index contributed by atoms with van der Waals surface area (Å²) in [5, 5.41) is 0. The van der Waals surface area contributed by atoms with Gasteiger partial charge >= 0.3 is 0 Å². The molecule has 0 radical (unpaired) electrons. The summed E-state index contributed by atoms with van der Waals surface area (Å²) in [6.45, 7) is 0. The highest BCUT2D eigenvalue weighted by atomic mass is 16.1. The Hall–Kier alpha value is -0.330.